The minimum Gasteiger partial charge on any atom is -0.508 e. The van der Waals surface area contributed by atoms with E-state index >= 15 is 0 Å². The minimum absolute atomic E-state index is 0.0255. The molecule has 0 saturated carbocycles. The first-order chi connectivity index (χ1) is 14.7. The van der Waals surface area contributed by atoms with E-state index < -0.39 is 0 Å². The summed E-state index contributed by atoms with van der Waals surface area (Å²) in [6, 6.07) is 11.7. The largest absolute Gasteiger partial charge is 0.508 e. The molecule has 1 saturated heterocycles. The van der Waals surface area contributed by atoms with Crippen LogP contribution in [0.3, 0.4) is 0 Å². The number of carbonyl (C=O) groups excluding carboxylic acids is 1. The Labute approximate surface area is 171 Å². The summed E-state index contributed by atoms with van der Waals surface area (Å²) >= 11 is 0. The minimum atomic E-state index is -0.302. The monoisotopic (exact) mass is 408 g/mol. The summed E-state index contributed by atoms with van der Waals surface area (Å²) in [4.78, 5) is 17.5. The normalized spacial score (nSPS) is 18.1. The fraction of sp³-hybridized carbons (Fsp3) is 0.273. The molecule has 2 aliphatic heterocycles. The van der Waals surface area contributed by atoms with Crippen LogP contribution in [-0.4, -0.2) is 37.1 Å². The Morgan fingerprint density at radius 1 is 1.13 bits per heavy atom. The zero-order valence-electron chi connectivity index (χ0n) is 16.1. The Kier molecular flexibility index (Phi) is 4.76. The zero-order valence-corrected chi connectivity index (χ0v) is 16.1. The maximum absolute atomic E-state index is 12.9. The number of phenols is 1. The Morgan fingerprint density at radius 2 is 2.03 bits per heavy atom. The van der Waals surface area contributed by atoms with Crippen LogP contribution in [-0.2, 0) is 4.74 Å². The number of hydrogen-bond acceptors (Lipinski definition) is 7. The molecule has 2 N–H and O–H groups in total. The van der Waals surface area contributed by atoms with Crippen LogP contribution in [0, 0.1) is 0 Å². The lowest BCUT2D eigenvalue weighted by atomic mass is 10.1. The molecular weight excluding hydrogens is 388 g/mol. The second-order valence-electron chi connectivity index (χ2n) is 7.18. The van der Waals surface area contributed by atoms with Gasteiger partial charge in [-0.3, -0.25) is 4.79 Å². The predicted molar refractivity (Wildman–Crippen MR) is 107 cm³/mol. The first kappa shape index (κ1) is 18.5. The third-order valence-electron chi connectivity index (χ3n) is 5.08. The summed E-state index contributed by atoms with van der Waals surface area (Å²) in [6.07, 6.45) is 1.95. The Balaban J connectivity index is 1.55. The molecule has 1 aromatic heterocycles. The molecule has 0 spiro atoms. The van der Waals surface area contributed by atoms with Crippen LogP contribution in [0.1, 0.15) is 23.2 Å². The van der Waals surface area contributed by atoms with Crippen molar-refractivity contribution in [3.8, 4) is 17.2 Å². The molecule has 8 heteroatoms. The average molecular weight is 408 g/mol. The van der Waals surface area contributed by atoms with Gasteiger partial charge in [0.25, 0.3) is 5.91 Å². The van der Waals surface area contributed by atoms with Gasteiger partial charge < -0.3 is 29.1 Å². The molecule has 1 unspecified atom stereocenters. The van der Waals surface area contributed by atoms with Crippen molar-refractivity contribution < 1.29 is 28.5 Å². The third kappa shape index (κ3) is 3.69. The number of carbonyl (C=O) groups is 1. The number of phenolic OH excluding ortho intramolecular Hbond substituents is 1. The van der Waals surface area contributed by atoms with Gasteiger partial charge in [0.1, 0.15) is 16.9 Å². The molecular formula is C22H20N2O6. The highest BCUT2D eigenvalue weighted by atomic mass is 16.7. The van der Waals surface area contributed by atoms with E-state index in [1.54, 1.807) is 36.4 Å². The van der Waals surface area contributed by atoms with Crippen molar-refractivity contribution in [2.75, 3.05) is 19.9 Å². The van der Waals surface area contributed by atoms with Gasteiger partial charge in [-0.05, 0) is 43.2 Å². The molecule has 2 aliphatic rings. The van der Waals surface area contributed by atoms with Gasteiger partial charge in [-0.2, -0.15) is 0 Å². The molecule has 2 aromatic carbocycles. The second kappa shape index (κ2) is 7.72. The maximum atomic E-state index is 12.9. The number of ether oxygens (including phenoxy) is 3. The molecule has 1 fully saturated rings. The lowest BCUT2D eigenvalue weighted by molar-refractivity contribution is 0.0854. The molecule has 3 heterocycles. The van der Waals surface area contributed by atoms with E-state index in [0.29, 0.717) is 40.3 Å². The number of benzene rings is 2. The number of nitrogens with one attached hydrogen (secondary N) is 1. The number of rotatable bonds is 4. The molecule has 30 heavy (non-hydrogen) atoms. The van der Waals surface area contributed by atoms with Crippen LogP contribution in [0.15, 0.2) is 51.9 Å². The van der Waals surface area contributed by atoms with Crippen LogP contribution in [0.25, 0.3) is 11.0 Å². The molecule has 0 aliphatic carbocycles. The van der Waals surface area contributed by atoms with Crippen molar-refractivity contribution in [2.24, 2.45) is 4.99 Å². The van der Waals surface area contributed by atoms with Crippen molar-refractivity contribution in [1.82, 2.24) is 5.32 Å². The number of aromatic hydroxyl groups is 1. The number of hydrogen-bond donors (Lipinski definition) is 2. The van der Waals surface area contributed by atoms with Gasteiger partial charge in [-0.25, -0.2) is 4.99 Å². The summed E-state index contributed by atoms with van der Waals surface area (Å²) in [6.45, 7) is 1.31. The highest BCUT2D eigenvalue weighted by molar-refractivity contribution is 5.96. The smallest absolute Gasteiger partial charge is 0.256 e. The first-order valence-corrected chi connectivity index (χ1v) is 9.77. The fourth-order valence-electron chi connectivity index (χ4n) is 3.53. The van der Waals surface area contributed by atoms with Crippen molar-refractivity contribution in [2.45, 2.75) is 18.9 Å². The molecule has 5 rings (SSSR count). The van der Waals surface area contributed by atoms with E-state index in [1.807, 2.05) is 0 Å². The average Bonchev–Trinajstić information content (AvgIpc) is 3.43. The van der Waals surface area contributed by atoms with E-state index in [1.165, 1.54) is 6.07 Å². The quantitative estimate of drug-likeness (QED) is 0.688. The van der Waals surface area contributed by atoms with Gasteiger partial charge in [0, 0.05) is 30.7 Å². The van der Waals surface area contributed by atoms with Gasteiger partial charge in [0.05, 0.1) is 11.8 Å². The van der Waals surface area contributed by atoms with Crippen molar-refractivity contribution in [1.29, 1.82) is 0 Å². The van der Waals surface area contributed by atoms with Gasteiger partial charge in [0.2, 0.25) is 12.3 Å². The Bertz CT molecular complexity index is 1180. The van der Waals surface area contributed by atoms with E-state index in [2.05, 4.69) is 10.3 Å². The van der Waals surface area contributed by atoms with E-state index in [4.69, 9.17) is 18.6 Å². The van der Waals surface area contributed by atoms with Crippen LogP contribution in [0.2, 0.25) is 0 Å². The van der Waals surface area contributed by atoms with Gasteiger partial charge in [0.15, 0.2) is 11.5 Å². The Hall–Kier alpha value is -3.52. The summed E-state index contributed by atoms with van der Waals surface area (Å²) in [5, 5.41) is 13.4. The van der Waals surface area contributed by atoms with Gasteiger partial charge in [-0.1, -0.05) is 0 Å². The zero-order chi connectivity index (χ0) is 20.5. The van der Waals surface area contributed by atoms with E-state index in [0.717, 1.165) is 19.4 Å². The summed E-state index contributed by atoms with van der Waals surface area (Å²) in [7, 11) is 0. The van der Waals surface area contributed by atoms with Gasteiger partial charge >= 0.3 is 0 Å². The molecule has 154 valence electrons. The SMILES string of the molecule is O=C(NCC1CCCO1)c1cc2ccc(O)cc2oc1=Nc1ccc2c(c1)OCO2. The van der Waals surface area contributed by atoms with Gasteiger partial charge in [-0.15, -0.1) is 0 Å². The van der Waals surface area contributed by atoms with Crippen LogP contribution in [0.5, 0.6) is 17.2 Å². The maximum Gasteiger partial charge on any atom is 0.256 e. The number of fused-ring (bicyclic) bond motifs is 2. The van der Waals surface area contributed by atoms with Crippen LogP contribution in [0.4, 0.5) is 5.69 Å². The highest BCUT2D eigenvalue weighted by Crippen LogP contribution is 2.35. The molecule has 0 radical (unpaired) electrons. The van der Waals surface area contributed by atoms with Crippen LogP contribution < -0.4 is 20.3 Å². The highest BCUT2D eigenvalue weighted by Gasteiger charge is 2.19. The molecule has 8 nitrogen and oxygen atoms in total. The van der Waals surface area contributed by atoms with Crippen LogP contribution >= 0.6 is 0 Å². The number of amides is 1. The predicted octanol–water partition coefficient (Wildman–Crippen LogP) is 3.01. The summed E-state index contributed by atoms with van der Waals surface area (Å²) in [5.74, 6) is 0.988. The topological polar surface area (TPSA) is 103 Å². The second-order valence-corrected chi connectivity index (χ2v) is 7.18. The lowest BCUT2D eigenvalue weighted by Crippen LogP contribution is -2.34. The fourth-order valence-corrected chi connectivity index (χ4v) is 3.53. The van der Waals surface area contributed by atoms with E-state index in [9.17, 15) is 9.90 Å². The third-order valence-corrected chi connectivity index (χ3v) is 5.08. The summed E-state index contributed by atoms with van der Waals surface area (Å²) < 4.78 is 22.2. The molecule has 3 aromatic rings. The molecule has 1 atom stereocenters. The summed E-state index contributed by atoms with van der Waals surface area (Å²) in [5.41, 5.74) is 1.40. The van der Waals surface area contributed by atoms with Crippen molar-refractivity contribution >= 4 is 22.6 Å². The van der Waals surface area contributed by atoms with E-state index in [-0.39, 0.29) is 30.1 Å². The molecule has 1 amide bonds. The Morgan fingerprint density at radius 3 is 2.90 bits per heavy atom. The number of nitrogens with zero attached hydrogens (tertiary/aromatic N) is 1. The standard InChI is InChI=1S/C22H20N2O6/c25-15-5-3-13-8-17(21(26)23-11-16-2-1-7-27-16)22(30-19(13)10-15)24-14-4-6-18-20(9-14)29-12-28-18/h3-6,8-10,16,25H,1-2,7,11-12H2,(H,23,26). The van der Waals surface area contributed by atoms with Crippen molar-refractivity contribution in [3.63, 3.8) is 0 Å². The van der Waals surface area contributed by atoms with Crippen molar-refractivity contribution in [3.05, 3.63) is 53.6 Å². The lowest BCUT2D eigenvalue weighted by Gasteiger charge is -2.11. The first-order valence-electron chi connectivity index (χ1n) is 9.77. The molecule has 0 bridgehead atoms.